The Kier molecular flexibility index (Phi) is 4.59. The van der Waals surface area contributed by atoms with Crippen LogP contribution in [0.5, 0.6) is 5.75 Å². The van der Waals surface area contributed by atoms with Gasteiger partial charge >= 0.3 is 0 Å². The molecular weight excluding hydrogens is 374 g/mol. The molecule has 5 aromatic rings. The van der Waals surface area contributed by atoms with E-state index in [1.54, 1.807) is 6.07 Å². The lowest BCUT2D eigenvalue weighted by molar-refractivity contribution is 0.461. The van der Waals surface area contributed by atoms with Crippen LogP contribution in [0.4, 0.5) is 5.95 Å². The van der Waals surface area contributed by atoms with E-state index in [0.717, 1.165) is 41.2 Å². The predicted molar refractivity (Wildman–Crippen MR) is 120 cm³/mol. The third-order valence-electron chi connectivity index (χ3n) is 5.32. The van der Waals surface area contributed by atoms with Gasteiger partial charge in [0.05, 0.1) is 17.6 Å². The number of hydrogen-bond acceptors (Lipinski definition) is 4. The molecule has 0 fully saturated rings. The molecule has 0 spiro atoms. The van der Waals surface area contributed by atoms with Crippen molar-refractivity contribution in [2.24, 2.45) is 0 Å². The number of H-pyrrole nitrogens is 1. The molecule has 3 aromatic heterocycles. The molecule has 0 radical (unpaired) electrons. The average Bonchev–Trinajstić information content (AvgIpc) is 3.32. The maximum absolute atomic E-state index is 10.3. The summed E-state index contributed by atoms with van der Waals surface area (Å²) in [6.07, 6.45) is 0.853. The highest BCUT2D eigenvalue weighted by Gasteiger charge is 2.13. The van der Waals surface area contributed by atoms with Gasteiger partial charge in [-0.15, -0.1) is 0 Å². The number of imidazole rings is 1. The number of fused-ring (bicyclic) bond motifs is 2. The number of pyridine rings is 1. The number of aromatic amines is 1. The van der Waals surface area contributed by atoms with Crippen LogP contribution in [0, 0.1) is 6.92 Å². The zero-order valence-corrected chi connectivity index (χ0v) is 16.8. The summed E-state index contributed by atoms with van der Waals surface area (Å²) in [5.74, 6) is 0.970. The second-order valence-corrected chi connectivity index (χ2v) is 7.49. The zero-order valence-electron chi connectivity index (χ0n) is 16.8. The summed E-state index contributed by atoms with van der Waals surface area (Å²) in [7, 11) is 0. The van der Waals surface area contributed by atoms with Crippen molar-refractivity contribution in [3.8, 4) is 5.75 Å². The lowest BCUT2D eigenvalue weighted by atomic mass is 10.2. The van der Waals surface area contributed by atoms with Crippen LogP contribution in [0.25, 0.3) is 21.9 Å². The molecule has 0 unspecified atom stereocenters. The minimum atomic E-state index is 0.197. The number of nitrogens with one attached hydrogen (secondary N) is 2. The largest absolute Gasteiger partial charge is 0.506 e. The fourth-order valence-electron chi connectivity index (χ4n) is 3.82. The average molecular weight is 397 g/mol. The first-order valence-corrected chi connectivity index (χ1v) is 10.1. The molecule has 0 amide bonds. The van der Waals surface area contributed by atoms with Crippen LogP contribution in [-0.2, 0) is 13.0 Å². The number of aryl methyl sites for hydroxylation is 1. The Morgan fingerprint density at radius 1 is 1.00 bits per heavy atom. The van der Waals surface area contributed by atoms with Gasteiger partial charge in [-0.2, -0.15) is 0 Å². The van der Waals surface area contributed by atoms with Crippen molar-refractivity contribution in [1.82, 2.24) is 19.5 Å². The number of benzene rings is 2. The van der Waals surface area contributed by atoms with E-state index >= 15 is 0 Å². The summed E-state index contributed by atoms with van der Waals surface area (Å²) >= 11 is 0. The summed E-state index contributed by atoms with van der Waals surface area (Å²) in [6, 6.07) is 22.0. The molecule has 3 N–H and O–H groups in total. The highest BCUT2D eigenvalue weighted by Crippen LogP contribution is 2.24. The molecule has 0 saturated heterocycles. The Bertz CT molecular complexity index is 1300. The Labute approximate surface area is 174 Å². The minimum absolute atomic E-state index is 0.197. The molecule has 30 heavy (non-hydrogen) atoms. The SMILES string of the molecule is Cc1ccc(O)c(Cn2c(NCCc3cc4ccccc4[nH]3)nc3ccccc32)n1. The Morgan fingerprint density at radius 3 is 2.73 bits per heavy atom. The molecule has 0 aliphatic heterocycles. The van der Waals surface area contributed by atoms with Gasteiger partial charge in [0.15, 0.2) is 0 Å². The monoisotopic (exact) mass is 397 g/mol. The van der Waals surface area contributed by atoms with Gasteiger partial charge in [-0.1, -0.05) is 30.3 Å². The summed E-state index contributed by atoms with van der Waals surface area (Å²) in [5.41, 5.74) is 5.77. The Hall–Kier alpha value is -3.80. The second kappa shape index (κ2) is 7.55. The standard InChI is InChI=1S/C24H23N5O/c1-16-10-11-23(30)21(26-16)15-29-22-9-5-4-8-20(22)28-24(29)25-13-12-18-14-17-6-2-3-7-19(17)27-18/h2-11,14,27,30H,12-13,15H2,1H3,(H,25,28). The van der Waals surface area contributed by atoms with Crippen molar-refractivity contribution in [1.29, 1.82) is 0 Å². The number of anilines is 1. The number of aromatic hydroxyl groups is 1. The minimum Gasteiger partial charge on any atom is -0.506 e. The van der Waals surface area contributed by atoms with Crippen LogP contribution < -0.4 is 5.32 Å². The van der Waals surface area contributed by atoms with Crippen LogP contribution in [-0.4, -0.2) is 31.2 Å². The van der Waals surface area contributed by atoms with Gasteiger partial charge in [0.2, 0.25) is 5.95 Å². The fourth-order valence-corrected chi connectivity index (χ4v) is 3.82. The lowest BCUT2D eigenvalue weighted by Gasteiger charge is -2.12. The van der Waals surface area contributed by atoms with Crippen molar-refractivity contribution >= 4 is 27.9 Å². The molecule has 3 heterocycles. The van der Waals surface area contributed by atoms with Gasteiger partial charge in [0.25, 0.3) is 0 Å². The molecule has 0 aliphatic rings. The quantitative estimate of drug-likeness (QED) is 0.390. The van der Waals surface area contributed by atoms with E-state index in [-0.39, 0.29) is 5.75 Å². The zero-order chi connectivity index (χ0) is 20.5. The van der Waals surface area contributed by atoms with Crippen LogP contribution in [0.1, 0.15) is 17.1 Å². The summed E-state index contributed by atoms with van der Waals surface area (Å²) in [5, 5.41) is 15.0. The molecule has 150 valence electrons. The van der Waals surface area contributed by atoms with Crippen molar-refractivity contribution < 1.29 is 5.11 Å². The van der Waals surface area contributed by atoms with E-state index in [1.807, 2.05) is 43.3 Å². The first-order chi connectivity index (χ1) is 14.7. The van der Waals surface area contributed by atoms with Gasteiger partial charge in [-0.25, -0.2) is 4.98 Å². The topological polar surface area (TPSA) is 78.8 Å². The molecule has 0 saturated carbocycles. The molecule has 6 nitrogen and oxygen atoms in total. The van der Waals surface area contributed by atoms with E-state index in [4.69, 9.17) is 4.98 Å². The molecular formula is C24H23N5O. The summed E-state index contributed by atoms with van der Waals surface area (Å²) < 4.78 is 2.07. The molecule has 2 aromatic carbocycles. The molecule has 0 atom stereocenters. The fraction of sp³-hybridized carbons (Fsp3) is 0.167. The molecule has 6 heteroatoms. The van der Waals surface area contributed by atoms with Crippen LogP contribution in [0.15, 0.2) is 66.7 Å². The van der Waals surface area contributed by atoms with Crippen LogP contribution in [0.3, 0.4) is 0 Å². The molecule has 0 bridgehead atoms. The first-order valence-electron chi connectivity index (χ1n) is 10.1. The maximum atomic E-state index is 10.3. The first kappa shape index (κ1) is 18.2. The highest BCUT2D eigenvalue weighted by atomic mass is 16.3. The van der Waals surface area contributed by atoms with E-state index in [0.29, 0.717) is 12.2 Å². The van der Waals surface area contributed by atoms with Gasteiger partial charge in [0, 0.05) is 29.9 Å². The third kappa shape index (κ3) is 3.48. The number of para-hydroxylation sites is 3. The van der Waals surface area contributed by atoms with Crippen molar-refractivity contribution in [3.63, 3.8) is 0 Å². The van der Waals surface area contributed by atoms with E-state index in [1.165, 1.54) is 11.1 Å². The van der Waals surface area contributed by atoms with Crippen molar-refractivity contribution in [2.75, 3.05) is 11.9 Å². The predicted octanol–water partition coefficient (Wildman–Crippen LogP) is 4.63. The summed E-state index contributed by atoms with van der Waals surface area (Å²) in [4.78, 5) is 12.7. The number of hydrogen-bond donors (Lipinski definition) is 3. The summed E-state index contributed by atoms with van der Waals surface area (Å²) in [6.45, 7) is 3.11. The smallest absolute Gasteiger partial charge is 0.204 e. The normalized spacial score (nSPS) is 11.4. The number of aromatic nitrogens is 4. The van der Waals surface area contributed by atoms with Crippen LogP contribution in [0.2, 0.25) is 0 Å². The Morgan fingerprint density at radius 2 is 1.83 bits per heavy atom. The number of nitrogens with zero attached hydrogens (tertiary/aromatic N) is 3. The Balaban J connectivity index is 1.40. The van der Waals surface area contributed by atoms with Gasteiger partial charge < -0.3 is 20.0 Å². The van der Waals surface area contributed by atoms with Gasteiger partial charge in [0.1, 0.15) is 11.4 Å². The lowest BCUT2D eigenvalue weighted by Crippen LogP contribution is -2.12. The van der Waals surface area contributed by atoms with Crippen LogP contribution >= 0.6 is 0 Å². The molecule has 0 aliphatic carbocycles. The van der Waals surface area contributed by atoms with Crippen molar-refractivity contribution in [2.45, 2.75) is 19.9 Å². The van der Waals surface area contributed by atoms with Gasteiger partial charge in [-0.05, 0) is 48.7 Å². The maximum Gasteiger partial charge on any atom is 0.204 e. The van der Waals surface area contributed by atoms with E-state index in [2.05, 4.69) is 44.1 Å². The third-order valence-corrected chi connectivity index (χ3v) is 5.32. The molecule has 5 rings (SSSR count). The number of rotatable bonds is 6. The second-order valence-electron chi connectivity index (χ2n) is 7.49. The highest BCUT2D eigenvalue weighted by molar-refractivity contribution is 5.80. The van der Waals surface area contributed by atoms with Gasteiger partial charge in [-0.3, -0.25) is 4.98 Å². The van der Waals surface area contributed by atoms with Crippen molar-refractivity contribution in [3.05, 3.63) is 83.8 Å². The van der Waals surface area contributed by atoms with E-state index < -0.39 is 0 Å². The van der Waals surface area contributed by atoms with E-state index in [9.17, 15) is 5.11 Å².